The second-order valence-corrected chi connectivity index (χ2v) is 4.34. The molecule has 0 bridgehead atoms. The number of nitrogens with two attached hydrogens (primary N) is 1. The van der Waals surface area contributed by atoms with Crippen LogP contribution in [-0.2, 0) is 16.0 Å². The number of methoxy groups -OCH3 is 1. The van der Waals surface area contributed by atoms with Gasteiger partial charge in [0.05, 0.1) is 13.2 Å². The molecule has 1 amide bonds. The first-order valence-corrected chi connectivity index (χ1v) is 6.39. The molecule has 0 spiro atoms. The minimum atomic E-state index is -0.0304. The maximum Gasteiger partial charge on any atom is 0.223 e. The Morgan fingerprint density at radius 2 is 2.00 bits per heavy atom. The summed E-state index contributed by atoms with van der Waals surface area (Å²) in [6.07, 6.45) is 1.10. The summed E-state index contributed by atoms with van der Waals surface area (Å²) in [6, 6.07) is 7.51. The average Bonchev–Trinajstić information content (AvgIpc) is 2.42. The standard InChI is InChI=1S/C14H22N2O3/c1-19-11-9-16(8-10-17)14(18)7-4-12-2-5-13(15)6-3-12/h2-3,5-6,17H,4,7-11,15H2,1H3. The van der Waals surface area contributed by atoms with Crippen molar-refractivity contribution >= 4 is 11.6 Å². The molecule has 0 saturated carbocycles. The van der Waals surface area contributed by atoms with E-state index in [0.29, 0.717) is 32.5 Å². The van der Waals surface area contributed by atoms with Crippen molar-refractivity contribution in [2.45, 2.75) is 12.8 Å². The third-order valence-electron chi connectivity index (χ3n) is 2.90. The molecule has 5 nitrogen and oxygen atoms in total. The van der Waals surface area contributed by atoms with Gasteiger partial charge in [-0.25, -0.2) is 0 Å². The highest BCUT2D eigenvalue weighted by Crippen LogP contribution is 2.08. The van der Waals surface area contributed by atoms with E-state index in [1.54, 1.807) is 12.0 Å². The molecule has 3 N–H and O–H groups in total. The lowest BCUT2D eigenvalue weighted by molar-refractivity contribution is -0.132. The molecule has 0 aliphatic rings. The minimum absolute atomic E-state index is 0.0304. The fraction of sp³-hybridized carbons (Fsp3) is 0.500. The number of amides is 1. The summed E-state index contributed by atoms with van der Waals surface area (Å²) in [7, 11) is 1.59. The molecule has 5 heteroatoms. The molecule has 0 atom stereocenters. The minimum Gasteiger partial charge on any atom is -0.399 e. The van der Waals surface area contributed by atoms with Crippen LogP contribution in [0.4, 0.5) is 5.69 Å². The summed E-state index contributed by atoms with van der Waals surface area (Å²) >= 11 is 0. The van der Waals surface area contributed by atoms with Crippen molar-refractivity contribution in [2.75, 3.05) is 39.1 Å². The lowest BCUT2D eigenvalue weighted by atomic mass is 10.1. The van der Waals surface area contributed by atoms with Crippen LogP contribution in [0.5, 0.6) is 0 Å². The van der Waals surface area contributed by atoms with Crippen LogP contribution in [0.25, 0.3) is 0 Å². The molecule has 0 heterocycles. The molecule has 0 aliphatic carbocycles. The van der Waals surface area contributed by atoms with Crippen LogP contribution < -0.4 is 5.73 Å². The molecule has 106 valence electrons. The third-order valence-corrected chi connectivity index (χ3v) is 2.90. The van der Waals surface area contributed by atoms with Gasteiger partial charge in [0, 0.05) is 32.3 Å². The average molecular weight is 266 g/mol. The predicted molar refractivity (Wildman–Crippen MR) is 74.7 cm³/mol. The number of aliphatic hydroxyl groups excluding tert-OH is 1. The fourth-order valence-electron chi connectivity index (χ4n) is 1.78. The van der Waals surface area contributed by atoms with E-state index >= 15 is 0 Å². The third kappa shape index (κ3) is 5.72. The first kappa shape index (κ1) is 15.5. The molecule has 1 aromatic carbocycles. The van der Waals surface area contributed by atoms with Crippen molar-refractivity contribution in [3.05, 3.63) is 29.8 Å². The Kier molecular flexibility index (Phi) is 6.92. The van der Waals surface area contributed by atoms with E-state index < -0.39 is 0 Å². The molecule has 0 radical (unpaired) electrons. The molecule has 1 rings (SSSR count). The number of ether oxygens (including phenoxy) is 1. The summed E-state index contributed by atoms with van der Waals surface area (Å²) in [5, 5.41) is 8.95. The Hall–Kier alpha value is -1.59. The number of hydrogen-bond acceptors (Lipinski definition) is 4. The lowest BCUT2D eigenvalue weighted by Crippen LogP contribution is -2.36. The van der Waals surface area contributed by atoms with Crippen molar-refractivity contribution < 1.29 is 14.6 Å². The van der Waals surface area contributed by atoms with Gasteiger partial charge >= 0.3 is 0 Å². The Balaban J connectivity index is 2.44. The van der Waals surface area contributed by atoms with Gasteiger partial charge in [-0.05, 0) is 24.1 Å². The number of aliphatic hydroxyl groups is 1. The highest BCUT2D eigenvalue weighted by molar-refractivity contribution is 5.76. The molecule has 0 saturated heterocycles. The lowest BCUT2D eigenvalue weighted by Gasteiger charge is -2.21. The number of nitrogen functional groups attached to an aromatic ring is 1. The molecule has 0 unspecified atom stereocenters. The summed E-state index contributed by atoms with van der Waals surface area (Å²) in [6.45, 7) is 1.31. The molecular weight excluding hydrogens is 244 g/mol. The SMILES string of the molecule is COCCN(CCO)C(=O)CCc1ccc(N)cc1. The topological polar surface area (TPSA) is 75.8 Å². The number of aryl methyl sites for hydroxylation is 1. The Morgan fingerprint density at radius 3 is 2.58 bits per heavy atom. The molecular formula is C14H22N2O3. The van der Waals surface area contributed by atoms with Gasteiger partial charge in [-0.2, -0.15) is 0 Å². The number of carbonyl (C=O) groups excluding carboxylic acids is 1. The van der Waals surface area contributed by atoms with Crippen molar-refractivity contribution in [3.8, 4) is 0 Å². The zero-order chi connectivity index (χ0) is 14.1. The maximum atomic E-state index is 12.0. The van der Waals surface area contributed by atoms with E-state index in [4.69, 9.17) is 15.6 Å². The van der Waals surface area contributed by atoms with Crippen LogP contribution in [0.3, 0.4) is 0 Å². The van der Waals surface area contributed by atoms with Gasteiger partial charge in [-0.15, -0.1) is 0 Å². The van der Waals surface area contributed by atoms with Gasteiger partial charge in [0.25, 0.3) is 0 Å². The van der Waals surface area contributed by atoms with Crippen LogP contribution in [0.1, 0.15) is 12.0 Å². The molecule has 0 aromatic heterocycles. The first-order valence-electron chi connectivity index (χ1n) is 6.39. The smallest absolute Gasteiger partial charge is 0.223 e. The predicted octanol–water partition coefficient (Wildman–Crippen LogP) is 0.669. The van der Waals surface area contributed by atoms with E-state index in [1.165, 1.54) is 0 Å². The molecule has 0 fully saturated rings. The van der Waals surface area contributed by atoms with Gasteiger partial charge in [0.15, 0.2) is 0 Å². The van der Waals surface area contributed by atoms with E-state index in [1.807, 2.05) is 24.3 Å². The van der Waals surface area contributed by atoms with Crippen LogP contribution in [0.2, 0.25) is 0 Å². The second-order valence-electron chi connectivity index (χ2n) is 4.34. The van der Waals surface area contributed by atoms with Crippen LogP contribution >= 0.6 is 0 Å². The number of carbonyl (C=O) groups is 1. The summed E-state index contributed by atoms with van der Waals surface area (Å²) in [5.41, 5.74) is 7.41. The maximum absolute atomic E-state index is 12.0. The zero-order valence-corrected chi connectivity index (χ0v) is 11.3. The monoisotopic (exact) mass is 266 g/mol. The fourth-order valence-corrected chi connectivity index (χ4v) is 1.78. The van der Waals surface area contributed by atoms with E-state index in [-0.39, 0.29) is 12.5 Å². The number of benzene rings is 1. The zero-order valence-electron chi connectivity index (χ0n) is 11.3. The van der Waals surface area contributed by atoms with Gasteiger partial charge in [-0.1, -0.05) is 12.1 Å². The van der Waals surface area contributed by atoms with Gasteiger partial charge in [0.2, 0.25) is 5.91 Å². The Morgan fingerprint density at radius 1 is 1.32 bits per heavy atom. The van der Waals surface area contributed by atoms with Crippen LogP contribution in [-0.4, -0.2) is 49.3 Å². The van der Waals surface area contributed by atoms with Crippen LogP contribution in [0.15, 0.2) is 24.3 Å². The largest absolute Gasteiger partial charge is 0.399 e. The van der Waals surface area contributed by atoms with E-state index in [9.17, 15) is 4.79 Å². The highest BCUT2D eigenvalue weighted by atomic mass is 16.5. The Bertz CT molecular complexity index is 379. The first-order chi connectivity index (χ1) is 9.17. The van der Waals surface area contributed by atoms with Gasteiger partial charge in [-0.3, -0.25) is 4.79 Å². The normalized spacial score (nSPS) is 10.4. The van der Waals surface area contributed by atoms with Crippen molar-refractivity contribution in [1.82, 2.24) is 4.90 Å². The van der Waals surface area contributed by atoms with Gasteiger partial charge in [0.1, 0.15) is 0 Å². The van der Waals surface area contributed by atoms with Crippen molar-refractivity contribution in [2.24, 2.45) is 0 Å². The number of anilines is 1. The highest BCUT2D eigenvalue weighted by Gasteiger charge is 2.12. The second kappa shape index (κ2) is 8.50. The quantitative estimate of drug-likeness (QED) is 0.678. The van der Waals surface area contributed by atoms with Gasteiger partial charge < -0.3 is 20.5 Å². The molecule has 0 aliphatic heterocycles. The molecule has 1 aromatic rings. The van der Waals surface area contributed by atoms with E-state index in [2.05, 4.69) is 0 Å². The summed E-state index contributed by atoms with van der Waals surface area (Å²) < 4.78 is 4.96. The van der Waals surface area contributed by atoms with Crippen molar-refractivity contribution in [3.63, 3.8) is 0 Å². The van der Waals surface area contributed by atoms with E-state index in [0.717, 1.165) is 11.3 Å². The van der Waals surface area contributed by atoms with Crippen molar-refractivity contribution in [1.29, 1.82) is 0 Å². The Labute approximate surface area is 114 Å². The van der Waals surface area contributed by atoms with Crippen LogP contribution in [0, 0.1) is 0 Å². The number of nitrogens with zero attached hydrogens (tertiary/aromatic N) is 1. The summed E-state index contributed by atoms with van der Waals surface area (Å²) in [4.78, 5) is 13.6. The molecule has 19 heavy (non-hydrogen) atoms. The number of rotatable bonds is 8. The number of hydrogen-bond donors (Lipinski definition) is 2. The summed E-state index contributed by atoms with van der Waals surface area (Å²) in [5.74, 6) is 0.0305.